The first-order valence-electron chi connectivity index (χ1n) is 8.07. The standard InChI is InChI=1S/C17H21ClN2O2S/c1-3-5-15(21)20(10-13-6-4-7-22-13)17-19-16-11(2)8-12(18)9-14(16)23-17/h8-9,13H,3-7,10H2,1-2H3. The molecule has 0 bridgehead atoms. The lowest BCUT2D eigenvalue weighted by atomic mass is 10.2. The van der Waals surface area contributed by atoms with E-state index in [1.165, 1.54) is 11.3 Å². The van der Waals surface area contributed by atoms with Gasteiger partial charge in [0.1, 0.15) is 0 Å². The summed E-state index contributed by atoms with van der Waals surface area (Å²) in [6.07, 6.45) is 3.55. The summed E-state index contributed by atoms with van der Waals surface area (Å²) in [5, 5.41) is 1.45. The molecule has 1 aromatic carbocycles. The molecule has 1 saturated heterocycles. The van der Waals surface area contributed by atoms with Gasteiger partial charge in [-0.3, -0.25) is 9.69 Å². The lowest BCUT2D eigenvalue weighted by Gasteiger charge is -2.22. The third kappa shape index (κ3) is 3.67. The van der Waals surface area contributed by atoms with E-state index in [1.807, 2.05) is 26.0 Å². The molecule has 6 heteroatoms. The Morgan fingerprint density at radius 3 is 3.04 bits per heavy atom. The summed E-state index contributed by atoms with van der Waals surface area (Å²) in [5.41, 5.74) is 1.96. The lowest BCUT2D eigenvalue weighted by Crippen LogP contribution is -2.37. The molecule has 4 nitrogen and oxygen atoms in total. The van der Waals surface area contributed by atoms with Gasteiger partial charge in [-0.05, 0) is 43.9 Å². The number of benzene rings is 1. The van der Waals surface area contributed by atoms with Crippen LogP contribution in [-0.2, 0) is 9.53 Å². The van der Waals surface area contributed by atoms with Crippen LogP contribution in [0.1, 0.15) is 38.2 Å². The third-order valence-electron chi connectivity index (χ3n) is 4.05. The number of fused-ring (bicyclic) bond motifs is 1. The van der Waals surface area contributed by atoms with E-state index >= 15 is 0 Å². The normalized spacial score (nSPS) is 17.8. The minimum atomic E-state index is 0.116. The zero-order chi connectivity index (χ0) is 16.4. The molecule has 2 heterocycles. The fraction of sp³-hybridized carbons (Fsp3) is 0.529. The molecular weight excluding hydrogens is 332 g/mol. The maximum Gasteiger partial charge on any atom is 0.228 e. The van der Waals surface area contributed by atoms with Gasteiger partial charge in [0.05, 0.1) is 22.9 Å². The highest BCUT2D eigenvalue weighted by Gasteiger charge is 2.25. The number of aromatic nitrogens is 1. The van der Waals surface area contributed by atoms with E-state index in [2.05, 4.69) is 0 Å². The van der Waals surface area contributed by atoms with Crippen LogP contribution in [0.3, 0.4) is 0 Å². The molecule has 0 aliphatic carbocycles. The fourth-order valence-corrected chi connectivity index (χ4v) is 4.33. The van der Waals surface area contributed by atoms with Crippen LogP contribution in [0.4, 0.5) is 5.13 Å². The number of hydrogen-bond acceptors (Lipinski definition) is 4. The highest BCUT2D eigenvalue weighted by molar-refractivity contribution is 7.22. The van der Waals surface area contributed by atoms with E-state index in [0.717, 1.165) is 46.8 Å². The summed E-state index contributed by atoms with van der Waals surface area (Å²) in [6, 6.07) is 3.82. The quantitative estimate of drug-likeness (QED) is 0.791. The van der Waals surface area contributed by atoms with E-state index in [0.29, 0.717) is 18.0 Å². The first kappa shape index (κ1) is 16.7. The molecule has 1 fully saturated rings. The van der Waals surface area contributed by atoms with Gasteiger partial charge in [-0.1, -0.05) is 29.9 Å². The highest BCUT2D eigenvalue weighted by Crippen LogP contribution is 2.34. The molecule has 1 atom stereocenters. The summed E-state index contributed by atoms with van der Waals surface area (Å²) in [7, 11) is 0. The van der Waals surface area contributed by atoms with Crippen molar-refractivity contribution in [3.63, 3.8) is 0 Å². The van der Waals surface area contributed by atoms with Gasteiger partial charge in [-0.15, -0.1) is 0 Å². The predicted octanol–water partition coefficient (Wildman–Crippen LogP) is 4.57. The van der Waals surface area contributed by atoms with Crippen LogP contribution >= 0.6 is 22.9 Å². The predicted molar refractivity (Wildman–Crippen MR) is 95.6 cm³/mol. The van der Waals surface area contributed by atoms with Gasteiger partial charge >= 0.3 is 0 Å². The zero-order valence-electron chi connectivity index (χ0n) is 13.5. The van der Waals surface area contributed by atoms with Crippen LogP contribution in [0, 0.1) is 6.92 Å². The first-order valence-corrected chi connectivity index (χ1v) is 9.26. The van der Waals surface area contributed by atoms with Gasteiger partial charge in [-0.25, -0.2) is 4.98 Å². The average Bonchev–Trinajstić information content (AvgIpc) is 3.13. The molecule has 2 aromatic rings. The Labute approximate surface area is 145 Å². The number of aryl methyl sites for hydroxylation is 1. The van der Waals surface area contributed by atoms with Crippen molar-refractivity contribution < 1.29 is 9.53 Å². The summed E-state index contributed by atoms with van der Waals surface area (Å²) in [5.74, 6) is 0.116. The van der Waals surface area contributed by atoms with Crippen molar-refractivity contribution in [2.45, 2.75) is 45.6 Å². The Morgan fingerprint density at radius 1 is 1.52 bits per heavy atom. The molecular formula is C17H21ClN2O2S. The van der Waals surface area contributed by atoms with Gasteiger partial charge in [0.25, 0.3) is 0 Å². The smallest absolute Gasteiger partial charge is 0.228 e. The molecule has 1 amide bonds. The fourth-order valence-electron chi connectivity index (χ4n) is 2.89. The van der Waals surface area contributed by atoms with E-state index < -0.39 is 0 Å². The monoisotopic (exact) mass is 352 g/mol. The van der Waals surface area contributed by atoms with Crippen LogP contribution in [-0.4, -0.2) is 30.1 Å². The van der Waals surface area contributed by atoms with Crippen LogP contribution in [0.25, 0.3) is 10.2 Å². The van der Waals surface area contributed by atoms with Crippen molar-refractivity contribution in [2.75, 3.05) is 18.1 Å². The molecule has 124 valence electrons. The Hall–Kier alpha value is -1.17. The van der Waals surface area contributed by atoms with Crippen LogP contribution in [0.15, 0.2) is 12.1 Å². The number of nitrogens with zero attached hydrogens (tertiary/aromatic N) is 2. The van der Waals surface area contributed by atoms with Crippen molar-refractivity contribution in [1.29, 1.82) is 0 Å². The molecule has 0 saturated carbocycles. The van der Waals surface area contributed by atoms with E-state index in [-0.39, 0.29) is 12.0 Å². The number of halogens is 1. The average molecular weight is 353 g/mol. The first-order chi connectivity index (χ1) is 11.1. The molecule has 1 unspecified atom stereocenters. The van der Waals surface area contributed by atoms with E-state index in [4.69, 9.17) is 21.3 Å². The van der Waals surface area contributed by atoms with Gasteiger partial charge in [0, 0.05) is 18.1 Å². The number of thiazole rings is 1. The van der Waals surface area contributed by atoms with Crippen molar-refractivity contribution in [3.05, 3.63) is 22.7 Å². The lowest BCUT2D eigenvalue weighted by molar-refractivity contribution is -0.119. The van der Waals surface area contributed by atoms with Crippen molar-refractivity contribution in [1.82, 2.24) is 4.98 Å². The molecule has 1 aliphatic heterocycles. The Balaban J connectivity index is 1.94. The second-order valence-electron chi connectivity index (χ2n) is 5.96. The maximum atomic E-state index is 12.6. The number of carbonyl (C=O) groups excluding carboxylic acids is 1. The molecule has 3 rings (SSSR count). The van der Waals surface area contributed by atoms with Crippen LogP contribution < -0.4 is 4.90 Å². The summed E-state index contributed by atoms with van der Waals surface area (Å²) in [4.78, 5) is 19.1. The molecule has 1 aromatic heterocycles. The minimum absolute atomic E-state index is 0.116. The summed E-state index contributed by atoms with van der Waals surface area (Å²) < 4.78 is 6.73. The van der Waals surface area contributed by atoms with Gasteiger partial charge in [0.2, 0.25) is 5.91 Å². The minimum Gasteiger partial charge on any atom is -0.376 e. The molecule has 1 aliphatic rings. The molecule has 0 N–H and O–H groups in total. The second kappa shape index (κ2) is 7.16. The molecule has 0 radical (unpaired) electrons. The van der Waals surface area contributed by atoms with Crippen molar-refractivity contribution in [3.8, 4) is 0 Å². The second-order valence-corrected chi connectivity index (χ2v) is 7.40. The number of amides is 1. The van der Waals surface area contributed by atoms with E-state index in [1.54, 1.807) is 4.90 Å². The zero-order valence-corrected chi connectivity index (χ0v) is 15.0. The Morgan fingerprint density at radius 2 is 2.35 bits per heavy atom. The molecule has 23 heavy (non-hydrogen) atoms. The maximum absolute atomic E-state index is 12.6. The SMILES string of the molecule is CCCC(=O)N(CC1CCCO1)c1nc2c(C)cc(Cl)cc2s1. The highest BCUT2D eigenvalue weighted by atomic mass is 35.5. The number of ether oxygens (including phenoxy) is 1. The Kier molecular flexibility index (Phi) is 5.19. The number of rotatable bonds is 5. The molecule has 0 spiro atoms. The summed E-state index contributed by atoms with van der Waals surface area (Å²) >= 11 is 7.67. The number of carbonyl (C=O) groups is 1. The van der Waals surface area contributed by atoms with Gasteiger partial charge in [0.15, 0.2) is 5.13 Å². The largest absolute Gasteiger partial charge is 0.376 e. The Bertz CT molecular complexity index is 710. The van der Waals surface area contributed by atoms with Crippen LogP contribution in [0.5, 0.6) is 0 Å². The van der Waals surface area contributed by atoms with Gasteiger partial charge in [-0.2, -0.15) is 0 Å². The van der Waals surface area contributed by atoms with Gasteiger partial charge < -0.3 is 4.74 Å². The summed E-state index contributed by atoms with van der Waals surface area (Å²) in [6.45, 7) is 5.39. The van der Waals surface area contributed by atoms with Crippen LogP contribution in [0.2, 0.25) is 5.02 Å². The number of hydrogen-bond donors (Lipinski definition) is 0. The number of anilines is 1. The third-order valence-corrected chi connectivity index (χ3v) is 5.29. The van der Waals surface area contributed by atoms with Crippen molar-refractivity contribution in [2.24, 2.45) is 0 Å². The van der Waals surface area contributed by atoms with Crippen molar-refractivity contribution >= 4 is 44.2 Å². The van der Waals surface area contributed by atoms with E-state index in [9.17, 15) is 4.79 Å². The topological polar surface area (TPSA) is 42.4 Å².